The summed E-state index contributed by atoms with van der Waals surface area (Å²) in [5.74, 6) is 0.937. The third-order valence-electron chi connectivity index (χ3n) is 4.10. The van der Waals surface area contributed by atoms with Gasteiger partial charge in [0.1, 0.15) is 0 Å². The molecule has 0 heteroatoms. The summed E-state index contributed by atoms with van der Waals surface area (Å²) in [5, 5.41) is 0. The molecule has 1 aliphatic carbocycles. The minimum Gasteiger partial charge on any atom is -0.0654 e. The van der Waals surface area contributed by atoms with E-state index in [1.54, 1.807) is 0 Å². The predicted molar refractivity (Wildman–Crippen MR) is 69.0 cm³/mol. The molecule has 0 nitrogen and oxygen atoms in total. The van der Waals surface area contributed by atoms with E-state index in [0.717, 1.165) is 5.92 Å². The van der Waals surface area contributed by atoms with Crippen LogP contribution in [0.2, 0.25) is 0 Å². The van der Waals surface area contributed by atoms with Crippen molar-refractivity contribution < 1.29 is 0 Å². The summed E-state index contributed by atoms with van der Waals surface area (Å²) in [7, 11) is 0. The Morgan fingerprint density at radius 1 is 1.00 bits per heavy atom. The fourth-order valence-corrected chi connectivity index (χ4v) is 4.48. The Morgan fingerprint density at radius 2 is 1.53 bits per heavy atom. The number of hydrogen-bond donors (Lipinski definition) is 0. The molecule has 1 aliphatic rings. The van der Waals surface area contributed by atoms with Gasteiger partial charge in [-0.15, -0.1) is 0 Å². The van der Waals surface area contributed by atoms with Gasteiger partial charge in [0, 0.05) is 0 Å². The van der Waals surface area contributed by atoms with Crippen LogP contribution < -0.4 is 0 Å². The minimum absolute atomic E-state index is 0.585. The lowest BCUT2D eigenvalue weighted by Gasteiger charge is -2.48. The molecule has 1 saturated carbocycles. The number of hydrogen-bond acceptors (Lipinski definition) is 0. The van der Waals surface area contributed by atoms with Gasteiger partial charge < -0.3 is 0 Å². The van der Waals surface area contributed by atoms with Gasteiger partial charge in [-0.25, -0.2) is 0 Å². The van der Waals surface area contributed by atoms with Crippen LogP contribution in [0.1, 0.15) is 79.6 Å². The molecular weight excluding hydrogens is 180 g/mol. The van der Waals surface area contributed by atoms with E-state index in [0.29, 0.717) is 10.8 Å². The molecule has 0 aliphatic heterocycles. The lowest BCUT2D eigenvalue weighted by Crippen LogP contribution is -2.36. The van der Waals surface area contributed by atoms with Gasteiger partial charge in [-0.3, -0.25) is 0 Å². The van der Waals surface area contributed by atoms with Crippen molar-refractivity contribution in [3.63, 3.8) is 0 Å². The van der Waals surface area contributed by atoms with Gasteiger partial charge in [0.2, 0.25) is 0 Å². The van der Waals surface area contributed by atoms with Crippen LogP contribution in [0.4, 0.5) is 0 Å². The van der Waals surface area contributed by atoms with Crippen molar-refractivity contribution in [3.05, 3.63) is 0 Å². The van der Waals surface area contributed by atoms with Gasteiger partial charge in [-0.1, -0.05) is 47.5 Å². The predicted octanol–water partition coefficient (Wildman–Crippen LogP) is 5.42. The van der Waals surface area contributed by atoms with E-state index in [1.807, 2.05) is 0 Å². The van der Waals surface area contributed by atoms with Crippen LogP contribution in [-0.2, 0) is 0 Å². The third-order valence-corrected chi connectivity index (χ3v) is 4.10. The topological polar surface area (TPSA) is 0 Å². The largest absolute Gasteiger partial charge is 0.0654 e. The van der Waals surface area contributed by atoms with Crippen molar-refractivity contribution in [2.45, 2.75) is 79.6 Å². The zero-order valence-electron chi connectivity index (χ0n) is 11.5. The Balaban J connectivity index is 2.76. The summed E-state index contributed by atoms with van der Waals surface area (Å²) in [6.07, 6.45) is 10.0. The molecule has 15 heavy (non-hydrogen) atoms. The molecule has 0 amide bonds. The Morgan fingerprint density at radius 3 is 1.93 bits per heavy atom. The van der Waals surface area contributed by atoms with Crippen LogP contribution in [0, 0.1) is 16.7 Å². The van der Waals surface area contributed by atoms with Gasteiger partial charge in [-0.2, -0.15) is 0 Å². The van der Waals surface area contributed by atoms with Gasteiger partial charge >= 0.3 is 0 Å². The normalized spacial score (nSPS) is 29.0. The van der Waals surface area contributed by atoms with Gasteiger partial charge in [-0.05, 0) is 48.9 Å². The first-order valence-electron chi connectivity index (χ1n) is 6.93. The highest BCUT2D eigenvalue weighted by Crippen LogP contribution is 2.53. The summed E-state index contributed by atoms with van der Waals surface area (Å²) in [6, 6.07) is 0. The highest BCUT2D eigenvalue weighted by Gasteiger charge is 2.41. The highest BCUT2D eigenvalue weighted by atomic mass is 14.5. The Hall–Kier alpha value is 0. The van der Waals surface area contributed by atoms with Crippen LogP contribution in [0.5, 0.6) is 0 Å². The smallest absolute Gasteiger partial charge is 0.0290 e. The molecule has 0 aromatic carbocycles. The third kappa shape index (κ3) is 3.50. The zero-order valence-corrected chi connectivity index (χ0v) is 11.5. The van der Waals surface area contributed by atoms with Crippen LogP contribution in [0.15, 0.2) is 0 Å². The van der Waals surface area contributed by atoms with E-state index < -0.39 is 0 Å². The minimum atomic E-state index is 0.585. The first-order valence-corrected chi connectivity index (χ1v) is 6.93. The standard InChI is InChI=1S/C15H30/c1-6-8-15(9-7-2)11-13(3)10-14(4,5)12-15/h13H,6-12H2,1-5H3. The molecule has 0 spiro atoms. The average Bonchev–Trinajstić information content (AvgIpc) is 1.99. The fourth-order valence-electron chi connectivity index (χ4n) is 4.48. The summed E-state index contributed by atoms with van der Waals surface area (Å²) in [4.78, 5) is 0. The van der Waals surface area contributed by atoms with E-state index in [-0.39, 0.29) is 0 Å². The van der Waals surface area contributed by atoms with E-state index in [1.165, 1.54) is 44.9 Å². The summed E-state index contributed by atoms with van der Waals surface area (Å²) >= 11 is 0. The van der Waals surface area contributed by atoms with Gasteiger partial charge in [0.25, 0.3) is 0 Å². The highest BCUT2D eigenvalue weighted by molar-refractivity contribution is 4.92. The maximum atomic E-state index is 2.47. The van der Waals surface area contributed by atoms with Crippen LogP contribution in [0.25, 0.3) is 0 Å². The molecule has 0 aromatic heterocycles. The first kappa shape index (κ1) is 13.1. The van der Waals surface area contributed by atoms with Crippen molar-refractivity contribution >= 4 is 0 Å². The monoisotopic (exact) mass is 210 g/mol. The molecule has 0 radical (unpaired) electrons. The summed E-state index contributed by atoms with van der Waals surface area (Å²) < 4.78 is 0. The fraction of sp³-hybridized carbons (Fsp3) is 1.00. The maximum absolute atomic E-state index is 2.47. The quantitative estimate of drug-likeness (QED) is 0.581. The van der Waals surface area contributed by atoms with E-state index in [2.05, 4.69) is 34.6 Å². The molecule has 0 saturated heterocycles. The van der Waals surface area contributed by atoms with Gasteiger partial charge in [0.15, 0.2) is 0 Å². The maximum Gasteiger partial charge on any atom is -0.0290 e. The lowest BCUT2D eigenvalue weighted by molar-refractivity contribution is 0.0315. The van der Waals surface area contributed by atoms with Crippen molar-refractivity contribution in [1.82, 2.24) is 0 Å². The Kier molecular flexibility index (Phi) is 4.26. The number of rotatable bonds is 4. The Labute approximate surface area is 96.8 Å². The van der Waals surface area contributed by atoms with Gasteiger partial charge in [0.05, 0.1) is 0 Å². The molecule has 90 valence electrons. The molecule has 0 N–H and O–H groups in total. The van der Waals surface area contributed by atoms with Crippen LogP contribution >= 0.6 is 0 Å². The van der Waals surface area contributed by atoms with Crippen molar-refractivity contribution in [2.75, 3.05) is 0 Å². The molecule has 0 bridgehead atoms. The van der Waals surface area contributed by atoms with Crippen LogP contribution in [0.3, 0.4) is 0 Å². The summed E-state index contributed by atoms with van der Waals surface area (Å²) in [5.41, 5.74) is 1.27. The van der Waals surface area contributed by atoms with E-state index in [9.17, 15) is 0 Å². The molecule has 1 atom stereocenters. The van der Waals surface area contributed by atoms with Crippen molar-refractivity contribution in [3.8, 4) is 0 Å². The SMILES string of the molecule is CCCC1(CCC)CC(C)CC(C)(C)C1. The zero-order chi connectivity index (χ0) is 11.5. The second kappa shape index (κ2) is 4.89. The van der Waals surface area contributed by atoms with E-state index in [4.69, 9.17) is 0 Å². The van der Waals surface area contributed by atoms with E-state index >= 15 is 0 Å². The van der Waals surface area contributed by atoms with Crippen LogP contribution in [-0.4, -0.2) is 0 Å². The van der Waals surface area contributed by atoms with Crippen molar-refractivity contribution in [2.24, 2.45) is 16.7 Å². The molecule has 1 unspecified atom stereocenters. The molecule has 1 fully saturated rings. The second-order valence-corrected chi connectivity index (χ2v) is 6.85. The molecular formula is C15H30. The second-order valence-electron chi connectivity index (χ2n) is 6.85. The lowest BCUT2D eigenvalue weighted by atomic mass is 9.57. The Bertz CT molecular complexity index is 184. The van der Waals surface area contributed by atoms with Crippen molar-refractivity contribution in [1.29, 1.82) is 0 Å². The molecule has 1 rings (SSSR count). The first-order chi connectivity index (χ1) is 6.93. The summed E-state index contributed by atoms with van der Waals surface area (Å²) in [6.45, 7) is 12.1. The molecule has 0 aromatic rings. The molecule has 0 heterocycles. The average molecular weight is 210 g/mol.